The van der Waals surface area contributed by atoms with Gasteiger partial charge in [0.15, 0.2) is 29.7 Å². The van der Waals surface area contributed by atoms with Crippen molar-refractivity contribution in [1.29, 1.82) is 0 Å². The Morgan fingerprint density at radius 3 is 2.28 bits per heavy atom. The van der Waals surface area contributed by atoms with E-state index in [-0.39, 0.29) is 28.4 Å². The quantitative estimate of drug-likeness (QED) is 0.137. The number of phenolic OH excluding ortho intramolecular Hbond substituents is 3. The van der Waals surface area contributed by atoms with Crippen LogP contribution in [0.15, 0.2) is 39.5 Å². The second-order valence-electron chi connectivity index (χ2n) is 11.0. The molecule has 0 amide bonds. The second kappa shape index (κ2) is 13.5. The van der Waals surface area contributed by atoms with Crippen molar-refractivity contribution >= 4 is 16.9 Å². The fourth-order valence-corrected chi connectivity index (χ4v) is 5.30. The molecule has 2 aromatic carbocycles. The molecule has 17 nitrogen and oxygen atoms in total. The predicted octanol–water partition coefficient (Wildman–Crippen LogP) is -0.813. The second-order valence-corrected chi connectivity index (χ2v) is 11.0. The first-order valence-corrected chi connectivity index (χ1v) is 14.3. The van der Waals surface area contributed by atoms with E-state index in [1.54, 1.807) is 0 Å². The number of esters is 1. The molecular weight excluding hydrogens is 632 g/mol. The fourth-order valence-electron chi connectivity index (χ4n) is 5.30. The van der Waals surface area contributed by atoms with Crippen LogP contribution in [0.1, 0.15) is 13.8 Å². The van der Waals surface area contributed by atoms with Gasteiger partial charge in [-0.3, -0.25) is 9.59 Å². The molecule has 2 aliphatic heterocycles. The molecule has 10 atom stereocenters. The maximum atomic E-state index is 13.9. The minimum atomic E-state index is -1.90. The molecule has 2 aliphatic rings. The third-order valence-electron chi connectivity index (χ3n) is 7.77. The van der Waals surface area contributed by atoms with E-state index in [2.05, 4.69) is 0 Å². The normalized spacial score (nSPS) is 31.0. The van der Waals surface area contributed by atoms with Crippen LogP contribution in [-0.2, 0) is 23.7 Å². The highest BCUT2D eigenvalue weighted by Crippen LogP contribution is 2.40. The van der Waals surface area contributed by atoms with Gasteiger partial charge in [0.1, 0.15) is 59.1 Å². The number of methoxy groups -OCH3 is 1. The van der Waals surface area contributed by atoms with Crippen LogP contribution in [0.25, 0.3) is 22.3 Å². The van der Waals surface area contributed by atoms with E-state index in [0.29, 0.717) is 0 Å². The highest BCUT2D eigenvalue weighted by molar-refractivity contribution is 5.88. The summed E-state index contributed by atoms with van der Waals surface area (Å²) < 4.78 is 38.9. The molecule has 256 valence electrons. The summed E-state index contributed by atoms with van der Waals surface area (Å²) in [7, 11) is 1.28. The largest absolute Gasteiger partial charge is 0.508 e. The van der Waals surface area contributed by atoms with Gasteiger partial charge >= 0.3 is 5.97 Å². The number of phenols is 3. The molecule has 3 aromatic rings. The number of aromatic hydroxyl groups is 3. The van der Waals surface area contributed by atoms with Gasteiger partial charge in [-0.05, 0) is 25.1 Å². The van der Waals surface area contributed by atoms with Gasteiger partial charge in [-0.25, -0.2) is 0 Å². The van der Waals surface area contributed by atoms with Gasteiger partial charge in [0, 0.05) is 24.6 Å². The van der Waals surface area contributed by atoms with E-state index >= 15 is 0 Å². The molecule has 0 unspecified atom stereocenters. The zero-order valence-electron chi connectivity index (χ0n) is 25.1. The van der Waals surface area contributed by atoms with Crippen molar-refractivity contribution in [2.45, 2.75) is 75.3 Å². The molecular formula is C30H34O17. The highest BCUT2D eigenvalue weighted by atomic mass is 16.7. The minimum Gasteiger partial charge on any atom is -0.508 e. The first-order valence-electron chi connectivity index (χ1n) is 14.3. The van der Waals surface area contributed by atoms with Crippen molar-refractivity contribution in [1.82, 2.24) is 0 Å². The summed E-state index contributed by atoms with van der Waals surface area (Å²) in [4.78, 5) is 25.9. The molecule has 3 heterocycles. The van der Waals surface area contributed by atoms with Crippen molar-refractivity contribution in [3.8, 4) is 40.1 Å². The Labute approximate surface area is 265 Å². The molecule has 0 radical (unpaired) electrons. The van der Waals surface area contributed by atoms with E-state index < -0.39 is 102 Å². The smallest absolute Gasteiger partial charge is 0.303 e. The summed E-state index contributed by atoms with van der Waals surface area (Å²) in [6.45, 7) is 1.82. The van der Waals surface area contributed by atoms with Crippen LogP contribution in [0.2, 0.25) is 0 Å². The van der Waals surface area contributed by atoms with Crippen LogP contribution in [0.3, 0.4) is 0 Å². The monoisotopic (exact) mass is 666 g/mol. The van der Waals surface area contributed by atoms with Crippen molar-refractivity contribution in [3.05, 3.63) is 40.6 Å². The Hall–Kier alpha value is -4.20. The van der Waals surface area contributed by atoms with Crippen LogP contribution in [0, 0.1) is 0 Å². The number of fused-ring (bicyclic) bond motifs is 1. The Morgan fingerprint density at radius 1 is 0.872 bits per heavy atom. The van der Waals surface area contributed by atoms with Gasteiger partial charge < -0.3 is 73.7 Å². The van der Waals surface area contributed by atoms with E-state index in [4.69, 9.17) is 32.8 Å². The molecule has 17 heteroatoms. The van der Waals surface area contributed by atoms with Gasteiger partial charge in [0.05, 0.1) is 19.8 Å². The van der Waals surface area contributed by atoms with E-state index in [1.807, 2.05) is 0 Å². The highest BCUT2D eigenvalue weighted by Gasteiger charge is 2.50. The zero-order chi connectivity index (χ0) is 34.3. The van der Waals surface area contributed by atoms with E-state index in [1.165, 1.54) is 32.2 Å². The van der Waals surface area contributed by atoms with Gasteiger partial charge in [0.25, 0.3) is 0 Å². The molecule has 0 spiro atoms. The molecule has 8 N–H and O–H groups in total. The fraction of sp³-hybridized carbons (Fsp3) is 0.467. The van der Waals surface area contributed by atoms with Gasteiger partial charge in [0.2, 0.25) is 17.5 Å². The predicted molar refractivity (Wildman–Crippen MR) is 155 cm³/mol. The van der Waals surface area contributed by atoms with E-state index in [9.17, 15) is 50.4 Å². The van der Waals surface area contributed by atoms with Crippen LogP contribution in [-0.4, -0.2) is 122 Å². The molecule has 1 aromatic heterocycles. The summed E-state index contributed by atoms with van der Waals surface area (Å²) in [5.74, 6) is -3.30. The Morgan fingerprint density at radius 2 is 1.60 bits per heavy atom. The van der Waals surface area contributed by atoms with Crippen molar-refractivity contribution in [2.75, 3.05) is 13.7 Å². The summed E-state index contributed by atoms with van der Waals surface area (Å²) >= 11 is 0. The van der Waals surface area contributed by atoms with Gasteiger partial charge in [-0.15, -0.1) is 0 Å². The number of carbonyl (C=O) groups is 1. The zero-order valence-corrected chi connectivity index (χ0v) is 25.1. The minimum absolute atomic E-state index is 0.0310. The molecule has 2 saturated heterocycles. The Balaban J connectivity index is 1.54. The van der Waals surface area contributed by atoms with Crippen LogP contribution in [0.4, 0.5) is 0 Å². The standard InChI is InChI=1S/C30H34O17/c1-10-20(35)23(38)25(40)29(43-10)42-9-18-21(36)24(39)28(44-11(2)31)30(46-18)47-27-22(37)19-15(34)7-13(32)8-17(19)45-26(27)12-4-5-14(33)16(6-12)41-3/h4-8,10,18,20-21,23-25,28-30,32-36,38-40H,9H2,1-3H3/t10-,18-,20+,21-,23-,24+,25+,28-,29-,30+/m1/s1. The van der Waals surface area contributed by atoms with E-state index in [0.717, 1.165) is 19.1 Å². The van der Waals surface area contributed by atoms with Crippen LogP contribution < -0.4 is 14.9 Å². The average Bonchev–Trinajstić information content (AvgIpc) is 3.02. The first kappa shape index (κ1) is 34.1. The van der Waals surface area contributed by atoms with Gasteiger partial charge in [-0.1, -0.05) is 0 Å². The molecule has 47 heavy (non-hydrogen) atoms. The molecule has 2 fully saturated rings. The summed E-state index contributed by atoms with van der Waals surface area (Å²) in [5.41, 5.74) is -1.17. The number of ether oxygens (including phenoxy) is 6. The van der Waals surface area contributed by atoms with Gasteiger partial charge in [-0.2, -0.15) is 0 Å². The number of benzene rings is 2. The Kier molecular flexibility index (Phi) is 9.81. The van der Waals surface area contributed by atoms with Crippen LogP contribution >= 0.6 is 0 Å². The lowest BCUT2D eigenvalue weighted by molar-refractivity contribution is -0.319. The topological polar surface area (TPSA) is 264 Å². The number of hydrogen-bond donors (Lipinski definition) is 8. The lowest BCUT2D eigenvalue weighted by Crippen LogP contribution is -2.62. The Bertz CT molecular complexity index is 1670. The SMILES string of the molecule is COc1cc(-c2oc3cc(O)cc(O)c3c(=O)c2O[C@@H]2O[C@H](CO[C@@H]3O[C@H](C)[C@H](O)[C@@H](O)[C@@H]3O)[C@@H](O)[C@H](O)[C@H]2OC(C)=O)ccc1O. The maximum Gasteiger partial charge on any atom is 0.303 e. The lowest BCUT2D eigenvalue weighted by atomic mass is 9.98. The number of aliphatic hydroxyl groups is 5. The van der Waals surface area contributed by atoms with Crippen molar-refractivity contribution < 1.29 is 78.5 Å². The summed E-state index contributed by atoms with van der Waals surface area (Å²) in [6, 6.07) is 5.80. The van der Waals surface area contributed by atoms with Crippen molar-refractivity contribution in [3.63, 3.8) is 0 Å². The van der Waals surface area contributed by atoms with Crippen LogP contribution in [0.5, 0.6) is 28.7 Å². The maximum absolute atomic E-state index is 13.9. The third kappa shape index (κ3) is 6.65. The number of carbonyl (C=O) groups excluding carboxylic acids is 1. The summed E-state index contributed by atoms with van der Waals surface area (Å²) in [5, 5.41) is 82.5. The molecule has 0 bridgehead atoms. The van der Waals surface area contributed by atoms with Crippen molar-refractivity contribution in [2.24, 2.45) is 0 Å². The number of aliphatic hydroxyl groups excluding tert-OH is 5. The third-order valence-corrected chi connectivity index (χ3v) is 7.77. The lowest BCUT2D eigenvalue weighted by Gasteiger charge is -2.43. The number of hydrogen-bond acceptors (Lipinski definition) is 17. The number of rotatable bonds is 8. The summed E-state index contributed by atoms with van der Waals surface area (Å²) in [6.07, 6.45) is -16.0. The average molecular weight is 667 g/mol. The molecule has 0 saturated carbocycles. The first-order chi connectivity index (χ1) is 22.2. The molecule has 0 aliphatic carbocycles. The molecule has 5 rings (SSSR count).